The first kappa shape index (κ1) is 24.4. The van der Waals surface area contributed by atoms with Gasteiger partial charge in [0.05, 0.1) is 23.7 Å². The van der Waals surface area contributed by atoms with Crippen LogP contribution >= 0.6 is 0 Å². The van der Waals surface area contributed by atoms with Crippen LogP contribution < -0.4 is 5.56 Å². The SMILES string of the molecule is CCCCOCCN(C1CC1)S(=O)(=O)c1ccc2[nH]c(=O)c3[nH]cc(C(=O)OCCC)c3c2c1. The van der Waals surface area contributed by atoms with Crippen LogP contribution in [0.15, 0.2) is 34.1 Å². The molecule has 0 aliphatic heterocycles. The Bertz CT molecular complexity index is 1340. The zero-order valence-electron chi connectivity index (χ0n) is 19.6. The fourth-order valence-corrected chi connectivity index (χ4v) is 5.70. The second-order valence-electron chi connectivity index (χ2n) is 8.56. The van der Waals surface area contributed by atoms with Crippen molar-refractivity contribution in [3.05, 3.63) is 40.3 Å². The summed E-state index contributed by atoms with van der Waals surface area (Å²) < 4.78 is 39.6. The number of pyridine rings is 1. The van der Waals surface area contributed by atoms with Gasteiger partial charge < -0.3 is 19.4 Å². The van der Waals surface area contributed by atoms with Crippen molar-refractivity contribution in [3.63, 3.8) is 0 Å². The highest BCUT2D eigenvalue weighted by atomic mass is 32.2. The predicted molar refractivity (Wildman–Crippen MR) is 130 cm³/mol. The van der Waals surface area contributed by atoms with Crippen molar-refractivity contribution in [3.8, 4) is 0 Å². The van der Waals surface area contributed by atoms with Gasteiger partial charge in [-0.15, -0.1) is 0 Å². The molecule has 184 valence electrons. The van der Waals surface area contributed by atoms with Crippen LogP contribution in [0.5, 0.6) is 0 Å². The van der Waals surface area contributed by atoms with Crippen molar-refractivity contribution < 1.29 is 22.7 Å². The van der Waals surface area contributed by atoms with Gasteiger partial charge in [0.1, 0.15) is 5.52 Å². The maximum Gasteiger partial charge on any atom is 0.340 e. The Kier molecular flexibility index (Phi) is 7.39. The van der Waals surface area contributed by atoms with E-state index in [1.165, 1.54) is 22.6 Å². The molecule has 0 bridgehead atoms. The normalized spacial score (nSPS) is 14.3. The van der Waals surface area contributed by atoms with Gasteiger partial charge in [-0.05, 0) is 43.9 Å². The van der Waals surface area contributed by atoms with Gasteiger partial charge in [-0.2, -0.15) is 4.31 Å². The second kappa shape index (κ2) is 10.3. The molecule has 1 saturated carbocycles. The first-order valence-corrected chi connectivity index (χ1v) is 13.3. The van der Waals surface area contributed by atoms with Gasteiger partial charge in [-0.1, -0.05) is 20.3 Å². The number of rotatable bonds is 12. The van der Waals surface area contributed by atoms with Crippen molar-refractivity contribution in [2.75, 3.05) is 26.4 Å². The van der Waals surface area contributed by atoms with Crippen molar-refractivity contribution >= 4 is 37.8 Å². The van der Waals surface area contributed by atoms with Crippen LogP contribution in [-0.2, 0) is 19.5 Å². The monoisotopic (exact) mass is 489 g/mol. The fraction of sp³-hybridized carbons (Fsp3) is 0.500. The summed E-state index contributed by atoms with van der Waals surface area (Å²) in [5.41, 5.74) is 0.462. The minimum atomic E-state index is -3.80. The number of carbonyl (C=O) groups excluding carboxylic acids is 1. The molecule has 0 spiro atoms. The molecular formula is C24H31N3O6S. The molecular weight excluding hydrogens is 458 g/mol. The van der Waals surface area contributed by atoms with Gasteiger partial charge >= 0.3 is 5.97 Å². The lowest BCUT2D eigenvalue weighted by molar-refractivity contribution is 0.0507. The standard InChI is InChI=1S/C24H31N3O6S/c1-3-5-12-32-13-10-27(16-6-7-16)34(30,31)17-8-9-20-18(14-17)21-19(24(29)33-11-4-2)15-25-22(21)23(28)26-20/h8-9,14-16,25H,3-7,10-13H2,1-2H3,(H,26,28). The molecule has 1 aliphatic carbocycles. The van der Waals surface area contributed by atoms with Crippen LogP contribution in [0.4, 0.5) is 0 Å². The van der Waals surface area contributed by atoms with E-state index in [4.69, 9.17) is 9.47 Å². The maximum absolute atomic E-state index is 13.6. The summed E-state index contributed by atoms with van der Waals surface area (Å²) in [5.74, 6) is -0.558. The number of hydrogen-bond donors (Lipinski definition) is 2. The number of benzene rings is 1. The molecule has 2 aromatic heterocycles. The highest BCUT2D eigenvalue weighted by Gasteiger charge is 2.38. The Hall–Kier alpha value is -2.69. The Morgan fingerprint density at radius 3 is 2.65 bits per heavy atom. The van der Waals surface area contributed by atoms with Gasteiger partial charge in [0.15, 0.2) is 0 Å². The summed E-state index contributed by atoms with van der Waals surface area (Å²) in [6.45, 7) is 5.46. The molecule has 0 unspecified atom stereocenters. The quantitative estimate of drug-likeness (QED) is 0.296. The lowest BCUT2D eigenvalue weighted by Crippen LogP contribution is -2.36. The number of carbonyl (C=O) groups is 1. The number of fused-ring (bicyclic) bond motifs is 3. The van der Waals surface area contributed by atoms with E-state index in [-0.39, 0.29) is 35.2 Å². The minimum Gasteiger partial charge on any atom is -0.462 e. The largest absolute Gasteiger partial charge is 0.462 e. The summed E-state index contributed by atoms with van der Waals surface area (Å²) >= 11 is 0. The number of nitrogens with zero attached hydrogens (tertiary/aromatic N) is 1. The third-order valence-electron chi connectivity index (χ3n) is 5.93. The molecule has 0 saturated heterocycles. The average Bonchev–Trinajstić information content (AvgIpc) is 3.55. The molecule has 2 N–H and O–H groups in total. The third-order valence-corrected chi connectivity index (χ3v) is 7.88. The molecule has 0 radical (unpaired) electrons. The Morgan fingerprint density at radius 1 is 1.15 bits per heavy atom. The molecule has 1 aliphatic rings. The summed E-state index contributed by atoms with van der Waals surface area (Å²) in [6.07, 6.45) is 5.70. The topological polar surface area (TPSA) is 122 Å². The van der Waals surface area contributed by atoms with Crippen LogP contribution in [0.2, 0.25) is 0 Å². The number of H-pyrrole nitrogens is 2. The number of ether oxygens (including phenoxy) is 2. The zero-order valence-corrected chi connectivity index (χ0v) is 20.4. The first-order chi connectivity index (χ1) is 16.4. The highest BCUT2D eigenvalue weighted by Crippen LogP contribution is 2.34. The Balaban J connectivity index is 1.73. The Labute approximate surface area is 198 Å². The summed E-state index contributed by atoms with van der Waals surface area (Å²) in [4.78, 5) is 30.9. The lowest BCUT2D eigenvalue weighted by atomic mass is 10.1. The zero-order chi connectivity index (χ0) is 24.3. The molecule has 1 aromatic carbocycles. The molecule has 3 aromatic rings. The molecule has 2 heterocycles. The van der Waals surface area contributed by atoms with E-state index in [1.54, 1.807) is 6.07 Å². The van der Waals surface area contributed by atoms with E-state index in [2.05, 4.69) is 16.9 Å². The molecule has 9 nitrogen and oxygen atoms in total. The van der Waals surface area contributed by atoms with Crippen molar-refractivity contribution in [1.82, 2.24) is 14.3 Å². The van der Waals surface area contributed by atoms with E-state index in [0.717, 1.165) is 25.7 Å². The molecule has 0 amide bonds. The van der Waals surface area contributed by atoms with E-state index in [1.807, 2.05) is 6.92 Å². The number of esters is 1. The summed E-state index contributed by atoms with van der Waals surface area (Å²) in [6, 6.07) is 4.56. The molecule has 10 heteroatoms. The molecule has 0 atom stereocenters. The van der Waals surface area contributed by atoms with Gasteiger partial charge in [-0.3, -0.25) is 4.79 Å². The van der Waals surface area contributed by atoms with Crippen LogP contribution in [0.3, 0.4) is 0 Å². The van der Waals surface area contributed by atoms with Crippen LogP contribution in [-0.4, -0.2) is 61.1 Å². The van der Waals surface area contributed by atoms with Gasteiger partial charge in [0, 0.05) is 41.7 Å². The highest BCUT2D eigenvalue weighted by molar-refractivity contribution is 7.89. The number of unbranched alkanes of at least 4 members (excludes halogenated alkanes) is 1. The smallest absolute Gasteiger partial charge is 0.340 e. The fourth-order valence-electron chi connectivity index (χ4n) is 4.00. The lowest BCUT2D eigenvalue weighted by Gasteiger charge is -2.22. The average molecular weight is 490 g/mol. The molecule has 34 heavy (non-hydrogen) atoms. The first-order valence-electron chi connectivity index (χ1n) is 11.8. The summed E-state index contributed by atoms with van der Waals surface area (Å²) in [5, 5.41) is 0.827. The predicted octanol–water partition coefficient (Wildman–Crippen LogP) is 3.55. The summed E-state index contributed by atoms with van der Waals surface area (Å²) in [7, 11) is -3.80. The minimum absolute atomic E-state index is 0.0297. The number of aromatic amines is 2. The number of nitrogens with one attached hydrogen (secondary N) is 2. The van der Waals surface area contributed by atoms with Crippen molar-refractivity contribution in [2.24, 2.45) is 0 Å². The van der Waals surface area contributed by atoms with Crippen LogP contribution in [0.1, 0.15) is 56.3 Å². The maximum atomic E-state index is 13.6. The number of aromatic nitrogens is 2. The van der Waals surface area contributed by atoms with Crippen molar-refractivity contribution in [2.45, 2.75) is 56.9 Å². The second-order valence-corrected chi connectivity index (χ2v) is 10.5. The molecule has 4 rings (SSSR count). The Morgan fingerprint density at radius 2 is 1.94 bits per heavy atom. The third kappa shape index (κ3) is 4.89. The van der Waals surface area contributed by atoms with E-state index in [9.17, 15) is 18.0 Å². The van der Waals surface area contributed by atoms with Gasteiger partial charge in [0.2, 0.25) is 10.0 Å². The van der Waals surface area contributed by atoms with E-state index >= 15 is 0 Å². The number of sulfonamides is 1. The molecule has 1 fully saturated rings. The van der Waals surface area contributed by atoms with Gasteiger partial charge in [0.25, 0.3) is 5.56 Å². The van der Waals surface area contributed by atoms with Crippen LogP contribution in [0, 0.1) is 0 Å². The van der Waals surface area contributed by atoms with Crippen molar-refractivity contribution in [1.29, 1.82) is 0 Å². The van der Waals surface area contributed by atoms with E-state index in [0.29, 0.717) is 35.9 Å². The van der Waals surface area contributed by atoms with Gasteiger partial charge in [-0.25, -0.2) is 13.2 Å². The number of hydrogen-bond acceptors (Lipinski definition) is 6. The van der Waals surface area contributed by atoms with E-state index < -0.39 is 21.6 Å². The van der Waals surface area contributed by atoms with Crippen LogP contribution in [0.25, 0.3) is 21.8 Å².